The van der Waals surface area contributed by atoms with Crippen LogP contribution >= 0.6 is 0 Å². The van der Waals surface area contributed by atoms with Gasteiger partial charge in [-0.3, -0.25) is 0 Å². The Morgan fingerprint density at radius 3 is 2.56 bits per heavy atom. The SMILES string of the molecule is CCCCC[C@@H]1O[C@H]1[C@H](O)[C@H](O)c1ccccc1. The fourth-order valence-corrected chi connectivity index (χ4v) is 2.31. The van der Waals surface area contributed by atoms with Crippen LogP contribution in [0.1, 0.15) is 44.3 Å². The van der Waals surface area contributed by atoms with Crippen molar-refractivity contribution in [3.05, 3.63) is 35.9 Å². The van der Waals surface area contributed by atoms with Gasteiger partial charge in [-0.15, -0.1) is 0 Å². The maximum absolute atomic E-state index is 10.1. The third-order valence-electron chi connectivity index (χ3n) is 3.52. The topological polar surface area (TPSA) is 53.0 Å². The highest BCUT2D eigenvalue weighted by Gasteiger charge is 2.46. The summed E-state index contributed by atoms with van der Waals surface area (Å²) in [7, 11) is 0. The molecule has 1 heterocycles. The van der Waals surface area contributed by atoms with Gasteiger partial charge in [0.15, 0.2) is 0 Å². The zero-order valence-electron chi connectivity index (χ0n) is 10.8. The average Bonchev–Trinajstić information content (AvgIpc) is 3.18. The van der Waals surface area contributed by atoms with E-state index in [0.29, 0.717) is 0 Å². The van der Waals surface area contributed by atoms with E-state index in [0.717, 1.165) is 18.4 Å². The number of hydrogen-bond acceptors (Lipinski definition) is 3. The number of aliphatic hydroxyl groups is 2. The molecule has 2 rings (SSSR count). The lowest BCUT2D eigenvalue weighted by atomic mass is 9.99. The predicted molar refractivity (Wildman–Crippen MR) is 70.2 cm³/mol. The minimum atomic E-state index is -0.854. The normalized spacial score (nSPS) is 25.7. The van der Waals surface area contributed by atoms with E-state index in [4.69, 9.17) is 4.74 Å². The van der Waals surface area contributed by atoms with Gasteiger partial charge in [0.25, 0.3) is 0 Å². The monoisotopic (exact) mass is 250 g/mol. The zero-order valence-corrected chi connectivity index (χ0v) is 10.8. The second kappa shape index (κ2) is 6.32. The van der Waals surface area contributed by atoms with E-state index in [-0.39, 0.29) is 12.2 Å². The molecule has 1 aliphatic rings. The average molecular weight is 250 g/mol. The van der Waals surface area contributed by atoms with Crippen molar-refractivity contribution in [2.75, 3.05) is 0 Å². The second-order valence-electron chi connectivity index (χ2n) is 4.98. The van der Waals surface area contributed by atoms with Crippen molar-refractivity contribution in [3.63, 3.8) is 0 Å². The standard InChI is InChI=1S/C15H22O3/c1-2-3-5-10-12-15(18-12)14(17)13(16)11-8-6-4-7-9-11/h4,6-9,12-17H,2-3,5,10H2,1H3/t12-,13+,14+,15+/m0/s1. The molecule has 0 bridgehead atoms. The third-order valence-corrected chi connectivity index (χ3v) is 3.52. The minimum Gasteiger partial charge on any atom is -0.387 e. The van der Waals surface area contributed by atoms with Crippen molar-refractivity contribution in [1.82, 2.24) is 0 Å². The smallest absolute Gasteiger partial charge is 0.113 e. The highest BCUT2D eigenvalue weighted by atomic mass is 16.6. The highest BCUT2D eigenvalue weighted by molar-refractivity contribution is 5.19. The molecule has 0 aromatic heterocycles. The molecule has 0 amide bonds. The molecule has 0 unspecified atom stereocenters. The molecule has 0 aliphatic carbocycles. The Morgan fingerprint density at radius 1 is 1.17 bits per heavy atom. The van der Waals surface area contributed by atoms with Crippen LogP contribution in [0, 0.1) is 0 Å². The first-order chi connectivity index (χ1) is 8.74. The molecule has 1 aliphatic heterocycles. The fourth-order valence-electron chi connectivity index (χ4n) is 2.31. The number of benzene rings is 1. The molecule has 3 nitrogen and oxygen atoms in total. The van der Waals surface area contributed by atoms with Crippen molar-refractivity contribution in [2.24, 2.45) is 0 Å². The minimum absolute atomic E-state index is 0.130. The summed E-state index contributed by atoms with van der Waals surface area (Å²) in [5.74, 6) is 0. The van der Waals surface area contributed by atoms with Crippen LogP contribution < -0.4 is 0 Å². The summed E-state index contributed by atoms with van der Waals surface area (Å²) >= 11 is 0. The van der Waals surface area contributed by atoms with Crippen LogP contribution in [0.2, 0.25) is 0 Å². The Balaban J connectivity index is 1.80. The molecule has 18 heavy (non-hydrogen) atoms. The molecule has 1 saturated heterocycles. The van der Waals surface area contributed by atoms with Gasteiger partial charge in [-0.05, 0) is 12.0 Å². The van der Waals surface area contributed by atoms with Crippen LogP contribution in [0.25, 0.3) is 0 Å². The summed E-state index contributed by atoms with van der Waals surface area (Å²) in [4.78, 5) is 0. The van der Waals surface area contributed by atoms with E-state index in [9.17, 15) is 10.2 Å². The fraction of sp³-hybridized carbons (Fsp3) is 0.600. The van der Waals surface area contributed by atoms with E-state index in [1.165, 1.54) is 12.8 Å². The molecule has 0 radical (unpaired) electrons. The van der Waals surface area contributed by atoms with E-state index in [2.05, 4.69) is 6.92 Å². The number of unbranched alkanes of at least 4 members (excludes halogenated alkanes) is 2. The summed E-state index contributed by atoms with van der Waals surface area (Å²) in [5.41, 5.74) is 0.743. The van der Waals surface area contributed by atoms with E-state index < -0.39 is 12.2 Å². The van der Waals surface area contributed by atoms with Gasteiger partial charge in [0.05, 0.1) is 6.10 Å². The number of ether oxygens (including phenoxy) is 1. The molecular weight excluding hydrogens is 228 g/mol. The highest BCUT2D eigenvalue weighted by Crippen LogP contribution is 2.35. The maximum atomic E-state index is 10.1. The van der Waals surface area contributed by atoms with Gasteiger partial charge >= 0.3 is 0 Å². The van der Waals surface area contributed by atoms with Gasteiger partial charge in [0.1, 0.15) is 18.3 Å². The Labute approximate surface area is 108 Å². The summed E-state index contributed by atoms with van der Waals surface area (Å²) in [6.07, 6.45) is 2.76. The third kappa shape index (κ3) is 3.31. The van der Waals surface area contributed by atoms with Crippen LogP contribution in [-0.4, -0.2) is 28.5 Å². The zero-order chi connectivity index (χ0) is 13.0. The number of hydrogen-bond donors (Lipinski definition) is 2. The van der Waals surface area contributed by atoms with Crippen molar-refractivity contribution in [3.8, 4) is 0 Å². The lowest BCUT2D eigenvalue weighted by Gasteiger charge is -2.16. The Bertz CT molecular complexity index is 352. The van der Waals surface area contributed by atoms with Crippen LogP contribution in [0.3, 0.4) is 0 Å². The van der Waals surface area contributed by atoms with E-state index >= 15 is 0 Å². The van der Waals surface area contributed by atoms with Gasteiger partial charge in [0.2, 0.25) is 0 Å². The Morgan fingerprint density at radius 2 is 1.89 bits per heavy atom. The van der Waals surface area contributed by atoms with E-state index in [1.807, 2.05) is 30.3 Å². The maximum Gasteiger partial charge on any atom is 0.113 e. The lowest BCUT2D eigenvalue weighted by Crippen LogP contribution is -2.25. The predicted octanol–water partition coefficient (Wildman–Crippen LogP) is 2.43. The van der Waals surface area contributed by atoms with Crippen molar-refractivity contribution in [2.45, 2.75) is 57.0 Å². The quantitative estimate of drug-likeness (QED) is 0.577. The molecule has 1 aromatic rings. The van der Waals surface area contributed by atoms with Gasteiger partial charge in [-0.25, -0.2) is 0 Å². The molecule has 3 heteroatoms. The molecule has 0 saturated carbocycles. The molecule has 0 spiro atoms. The summed E-state index contributed by atoms with van der Waals surface area (Å²) in [5, 5.41) is 20.1. The molecule has 1 fully saturated rings. The first kappa shape index (κ1) is 13.5. The first-order valence-electron chi connectivity index (χ1n) is 6.80. The van der Waals surface area contributed by atoms with Crippen molar-refractivity contribution < 1.29 is 14.9 Å². The molecule has 1 aromatic carbocycles. The summed E-state index contributed by atoms with van der Waals surface area (Å²) in [6.45, 7) is 2.17. The van der Waals surface area contributed by atoms with Gasteiger partial charge in [-0.1, -0.05) is 56.5 Å². The molecular formula is C15H22O3. The number of epoxide rings is 1. The van der Waals surface area contributed by atoms with Crippen LogP contribution in [0.15, 0.2) is 30.3 Å². The second-order valence-corrected chi connectivity index (χ2v) is 4.98. The van der Waals surface area contributed by atoms with E-state index in [1.54, 1.807) is 0 Å². The van der Waals surface area contributed by atoms with Gasteiger partial charge in [-0.2, -0.15) is 0 Å². The Hall–Kier alpha value is -0.900. The van der Waals surface area contributed by atoms with Crippen molar-refractivity contribution in [1.29, 1.82) is 0 Å². The summed E-state index contributed by atoms with van der Waals surface area (Å²) in [6, 6.07) is 9.25. The molecule has 100 valence electrons. The first-order valence-corrected chi connectivity index (χ1v) is 6.80. The molecule has 4 atom stereocenters. The number of rotatable bonds is 7. The van der Waals surface area contributed by atoms with Crippen LogP contribution in [0.5, 0.6) is 0 Å². The van der Waals surface area contributed by atoms with Crippen LogP contribution in [-0.2, 0) is 4.74 Å². The van der Waals surface area contributed by atoms with Gasteiger partial charge < -0.3 is 14.9 Å². The molecule has 2 N–H and O–H groups in total. The Kier molecular flexibility index (Phi) is 4.75. The lowest BCUT2D eigenvalue weighted by molar-refractivity contribution is 0.00155. The number of aliphatic hydroxyl groups excluding tert-OH is 2. The van der Waals surface area contributed by atoms with Crippen molar-refractivity contribution >= 4 is 0 Å². The summed E-state index contributed by atoms with van der Waals surface area (Å²) < 4.78 is 5.46. The largest absolute Gasteiger partial charge is 0.387 e. The van der Waals surface area contributed by atoms with Gasteiger partial charge in [0, 0.05) is 0 Å². The van der Waals surface area contributed by atoms with Crippen LogP contribution in [0.4, 0.5) is 0 Å².